The van der Waals surface area contributed by atoms with Crippen LogP contribution < -0.4 is 29.4 Å². The van der Waals surface area contributed by atoms with Crippen molar-refractivity contribution in [3.8, 4) is 36.0 Å². The third-order valence-corrected chi connectivity index (χ3v) is 31.0. The minimum absolute atomic E-state index is 0.953. The molecule has 0 spiro atoms. The molecule has 0 amide bonds. The van der Waals surface area contributed by atoms with Gasteiger partial charge in [0.25, 0.3) is 0 Å². The van der Waals surface area contributed by atoms with Crippen LogP contribution in [0.4, 0.5) is 34.1 Å². The largest absolute Gasteiger partial charge is 0.372 e. The van der Waals surface area contributed by atoms with E-state index in [9.17, 15) is 0 Å². The minimum Gasteiger partial charge on any atom is -0.372 e. The predicted molar refractivity (Wildman–Crippen MR) is 429 cm³/mol. The van der Waals surface area contributed by atoms with Crippen LogP contribution >= 0.6 is 31.9 Å². The van der Waals surface area contributed by atoms with E-state index in [1.54, 1.807) is 0 Å². The predicted octanol–water partition coefficient (Wildman–Crippen LogP) is 20.9. The lowest BCUT2D eigenvalue weighted by atomic mass is 9.91. The van der Waals surface area contributed by atoms with Crippen LogP contribution in [0.25, 0.3) is 22.3 Å². The van der Waals surface area contributed by atoms with E-state index >= 15 is 0 Å². The first-order valence-electron chi connectivity index (χ1n) is 34.4. The van der Waals surface area contributed by atoms with Gasteiger partial charge in [-0.15, -0.1) is 6.42 Å². The summed E-state index contributed by atoms with van der Waals surface area (Å²) in [5, 5.41) is 2.47. The Morgan fingerprint density at radius 2 is 0.500 bits per heavy atom. The van der Waals surface area contributed by atoms with Crippen LogP contribution in [-0.2, 0) is 0 Å². The van der Waals surface area contributed by atoms with Crippen molar-refractivity contribution in [2.45, 2.75) is 109 Å². The normalized spacial score (nSPS) is 13.5. The van der Waals surface area contributed by atoms with Crippen LogP contribution in [0.3, 0.4) is 0 Å². The molecule has 0 radical (unpaired) electrons. The maximum Gasteiger partial charge on any atom is 0.135 e. The molecule has 7 aromatic carbocycles. The molecule has 0 saturated carbocycles. The van der Waals surface area contributed by atoms with Gasteiger partial charge in [-0.05, 0) is 190 Å². The highest BCUT2D eigenvalue weighted by molar-refractivity contribution is 9.14. The van der Waals surface area contributed by atoms with E-state index in [0.29, 0.717) is 0 Å². The van der Waals surface area contributed by atoms with Crippen LogP contribution in [0.2, 0.25) is 26.2 Å². The molecule has 0 aliphatic carbocycles. The van der Waals surface area contributed by atoms with Gasteiger partial charge in [0.1, 0.15) is 16.1 Å². The highest BCUT2D eigenvalue weighted by atomic mass is 79.9. The number of hydrogen-bond acceptors (Lipinski definition) is 6. The van der Waals surface area contributed by atoms with Gasteiger partial charge in [0.05, 0.1) is 0 Å². The van der Waals surface area contributed by atoms with Gasteiger partial charge in [-0.1, -0.05) is 209 Å². The number of terminal acetylenes is 1. The summed E-state index contributed by atoms with van der Waals surface area (Å²) in [5.74, 6) is 18.0. The van der Waals surface area contributed by atoms with Crippen LogP contribution in [0.1, 0.15) is 122 Å². The van der Waals surface area contributed by atoms with E-state index < -0.39 is 16.1 Å². The second-order valence-electron chi connectivity index (χ2n) is 24.5. The first kappa shape index (κ1) is 73.8. The van der Waals surface area contributed by atoms with Crippen molar-refractivity contribution in [1.29, 1.82) is 0 Å². The van der Waals surface area contributed by atoms with E-state index in [-0.39, 0.29) is 0 Å². The molecular formula is C84H102Br2N6Si2. The Hall–Kier alpha value is -7.63. The maximum atomic E-state index is 5.57. The fraction of sp³-hybridized carbons (Fsp3) is 0.333. The van der Waals surface area contributed by atoms with Crippen LogP contribution in [0.15, 0.2) is 195 Å². The topological polar surface area (TPSA) is 19.4 Å². The molecule has 490 valence electrons. The summed E-state index contributed by atoms with van der Waals surface area (Å²) >= 11 is 7.82. The monoisotopic (exact) mass is 1410 g/mol. The summed E-state index contributed by atoms with van der Waals surface area (Å²) in [5.41, 5.74) is 20.5. The van der Waals surface area contributed by atoms with E-state index in [2.05, 4.69) is 376 Å². The van der Waals surface area contributed by atoms with E-state index in [1.165, 1.54) is 97.3 Å². The van der Waals surface area contributed by atoms with E-state index in [4.69, 9.17) is 6.42 Å². The number of halogens is 2. The number of hydrogen-bond donors (Lipinski definition) is 0. The first-order valence-corrected chi connectivity index (χ1v) is 42.0. The standard InChI is InChI=1S/C50H62N4Si.C18H16Br2Si.C16H24N2/c1-11-51(12-2)43-33-39(34-44(37-43)52(13-3)14-4)29-31-47-49(41-25-21-19-22-26-41)50(42-27-23-20-24-28-42)48(55(47,9)10)32-30-40-35-45(53(15-5)16-6)38-46(36-40)54(17-7)18-8;1-21(2)17(19)15(13-9-5-3-6-10-13)16(18(21)20)14-11-7-4-8-12-14;1-6-14-11-15(17(7-2)8-3)13-16(12-14)18(9-4)10-5/h19-28,33-38H,11-18H2,1-10H3;3-12H,1-2H3;1,11-13H,7-10H2,2-5H3. The molecule has 7 aromatic rings. The van der Waals surface area contributed by atoms with E-state index in [1.807, 2.05) is 0 Å². The smallest absolute Gasteiger partial charge is 0.135 e. The van der Waals surface area contributed by atoms with Crippen molar-refractivity contribution >= 4 is 104 Å². The zero-order valence-corrected chi connectivity index (χ0v) is 64.4. The summed E-state index contributed by atoms with van der Waals surface area (Å²) in [6, 6.07) is 63.3. The van der Waals surface area contributed by atoms with Gasteiger partial charge >= 0.3 is 0 Å². The van der Waals surface area contributed by atoms with Gasteiger partial charge in [-0.25, -0.2) is 0 Å². The summed E-state index contributed by atoms with van der Waals surface area (Å²) in [7, 11) is -4.07. The Morgan fingerprint density at radius 1 is 0.287 bits per heavy atom. The van der Waals surface area contributed by atoms with Crippen molar-refractivity contribution in [2.24, 2.45) is 0 Å². The van der Waals surface area contributed by atoms with E-state index in [0.717, 1.165) is 95.2 Å². The lowest BCUT2D eigenvalue weighted by molar-refractivity contribution is 0.851. The quantitative estimate of drug-likeness (QED) is 0.0494. The molecule has 10 heteroatoms. The Balaban J connectivity index is 0.000000258. The third-order valence-electron chi connectivity index (χ3n) is 18.3. The highest BCUT2D eigenvalue weighted by Gasteiger charge is 2.43. The molecule has 0 fully saturated rings. The average molecular weight is 1410 g/mol. The van der Waals surface area contributed by atoms with Gasteiger partial charge in [-0.2, -0.15) is 0 Å². The fourth-order valence-corrected chi connectivity index (χ4v) is 20.4. The average Bonchev–Trinajstić information content (AvgIpc) is 1.59. The SMILES string of the molecule is C#Cc1cc(N(CC)CC)cc(N(CC)CC)c1.CCN(CC)c1cc(C#CC2=C(c3ccccc3)C(c3ccccc3)=C(C#Cc3cc(N(CC)CC)cc(N(CC)CC)c3)[Si]2(C)C)cc(N(CC)CC)c1.C[Si]1(C)C(Br)=C(c2ccccc2)C(c2ccccc2)=C1Br. The Bertz CT molecular complexity index is 3640. The number of benzene rings is 7. The van der Waals surface area contributed by atoms with Crippen LogP contribution in [0, 0.1) is 36.0 Å². The fourth-order valence-electron chi connectivity index (χ4n) is 12.8. The Morgan fingerprint density at radius 3 is 0.713 bits per heavy atom. The van der Waals surface area contributed by atoms with Crippen molar-refractivity contribution in [3.63, 3.8) is 0 Å². The molecule has 9 rings (SSSR count). The number of rotatable bonds is 22. The number of allylic oxidation sites excluding steroid dienone is 6. The zero-order chi connectivity index (χ0) is 68.1. The molecule has 0 saturated heterocycles. The van der Waals surface area contributed by atoms with Gasteiger partial charge in [0.2, 0.25) is 0 Å². The second-order valence-corrected chi connectivity index (χ2v) is 36.0. The van der Waals surface area contributed by atoms with Gasteiger partial charge in [0.15, 0.2) is 0 Å². The molecule has 0 unspecified atom stereocenters. The maximum absolute atomic E-state index is 5.57. The van der Waals surface area contributed by atoms with Crippen molar-refractivity contribution in [3.05, 3.63) is 233 Å². The van der Waals surface area contributed by atoms with Gasteiger partial charge in [0, 0.05) is 140 Å². The van der Waals surface area contributed by atoms with Crippen LogP contribution in [-0.4, -0.2) is 94.7 Å². The van der Waals surface area contributed by atoms with Crippen molar-refractivity contribution in [2.75, 3.05) is 108 Å². The highest BCUT2D eigenvalue weighted by Crippen LogP contribution is 2.53. The van der Waals surface area contributed by atoms with Gasteiger partial charge in [-0.3, -0.25) is 0 Å². The van der Waals surface area contributed by atoms with Gasteiger partial charge < -0.3 is 29.4 Å². The zero-order valence-electron chi connectivity index (χ0n) is 59.2. The first-order chi connectivity index (χ1) is 45.4. The molecule has 2 heterocycles. The Kier molecular flexibility index (Phi) is 27.6. The second kappa shape index (κ2) is 35.2. The molecule has 0 atom stereocenters. The van der Waals surface area contributed by atoms with Crippen molar-refractivity contribution in [1.82, 2.24) is 0 Å². The molecule has 0 bridgehead atoms. The Labute approximate surface area is 586 Å². The molecule has 0 N–H and O–H groups in total. The lowest BCUT2D eigenvalue weighted by Gasteiger charge is -2.26. The summed E-state index contributed by atoms with van der Waals surface area (Å²) < 4.78 is 2.74. The third kappa shape index (κ3) is 17.3. The lowest BCUT2D eigenvalue weighted by Crippen LogP contribution is -2.29. The number of nitrogens with zero attached hydrogens (tertiary/aromatic N) is 6. The summed E-state index contributed by atoms with van der Waals surface area (Å²) in [6.45, 7) is 47.8. The summed E-state index contributed by atoms with van der Waals surface area (Å²) in [6.07, 6.45) is 5.57. The molecule has 6 nitrogen and oxygen atoms in total. The molecular weight excluding hydrogens is 1310 g/mol. The van der Waals surface area contributed by atoms with Crippen LogP contribution in [0.5, 0.6) is 0 Å². The molecule has 2 aliphatic rings. The number of anilines is 6. The van der Waals surface area contributed by atoms with Crippen molar-refractivity contribution < 1.29 is 0 Å². The molecule has 94 heavy (non-hydrogen) atoms. The minimum atomic E-state index is -2.42. The molecule has 2 aliphatic heterocycles. The molecule has 0 aromatic heterocycles. The summed E-state index contributed by atoms with van der Waals surface area (Å²) in [4.78, 5) is 14.3.